The molecule has 0 saturated carbocycles. The van der Waals surface area contributed by atoms with Crippen molar-refractivity contribution in [1.29, 1.82) is 0 Å². The summed E-state index contributed by atoms with van der Waals surface area (Å²) in [5.74, 6) is 0.910. The maximum absolute atomic E-state index is 13.0. The number of carbonyl (C=O) groups excluding carboxylic acids is 4. The number of rotatable bonds is 66. The van der Waals surface area contributed by atoms with E-state index in [4.69, 9.17) is 37.0 Å². The number of phosphoric acid groups is 2. The summed E-state index contributed by atoms with van der Waals surface area (Å²) < 4.78 is 68.2. The van der Waals surface area contributed by atoms with E-state index in [0.29, 0.717) is 25.7 Å². The number of esters is 4. The van der Waals surface area contributed by atoms with Gasteiger partial charge in [0.2, 0.25) is 0 Å². The zero-order chi connectivity index (χ0) is 65.4. The van der Waals surface area contributed by atoms with Gasteiger partial charge in [-0.15, -0.1) is 0 Å². The van der Waals surface area contributed by atoms with E-state index >= 15 is 0 Å². The minimum atomic E-state index is -4.95. The first kappa shape index (κ1) is 86.1. The van der Waals surface area contributed by atoms with E-state index in [9.17, 15) is 43.2 Å². The van der Waals surface area contributed by atoms with E-state index in [1.807, 2.05) is 0 Å². The van der Waals surface area contributed by atoms with Gasteiger partial charge in [-0.05, 0) is 49.4 Å². The van der Waals surface area contributed by atoms with E-state index in [2.05, 4.69) is 55.4 Å². The van der Waals surface area contributed by atoms with Crippen LogP contribution in [0.4, 0.5) is 0 Å². The van der Waals surface area contributed by atoms with Crippen LogP contribution in [0.3, 0.4) is 0 Å². The molecule has 3 N–H and O–H groups in total. The van der Waals surface area contributed by atoms with Crippen molar-refractivity contribution >= 4 is 39.5 Å². The van der Waals surface area contributed by atoms with Crippen molar-refractivity contribution in [3.63, 3.8) is 0 Å². The lowest BCUT2D eigenvalue weighted by molar-refractivity contribution is -0.161. The summed E-state index contributed by atoms with van der Waals surface area (Å²) in [6.07, 6.45) is 40.2. The van der Waals surface area contributed by atoms with Crippen molar-refractivity contribution in [2.24, 2.45) is 23.7 Å². The van der Waals surface area contributed by atoms with Crippen LogP contribution in [0.25, 0.3) is 0 Å². The second-order valence-corrected chi connectivity index (χ2v) is 29.0. The SMILES string of the molecule is CCC(C)CCCCCCCCCCC(=O)OC[C@H](COP(=O)(O)OC[C@@H](O)COP(=O)(O)OC[C@@H](COC(=O)CCCCCCCCC(C)CC)OC(=O)CCCCCCCCCCC(C)CC)OC(=O)CCCCCCCCCCCCCC(C)C. The highest BCUT2D eigenvalue weighted by Gasteiger charge is 2.30. The molecule has 17 nitrogen and oxygen atoms in total. The predicted molar refractivity (Wildman–Crippen MR) is 354 cm³/mol. The van der Waals surface area contributed by atoms with E-state index in [0.717, 1.165) is 120 Å². The molecule has 0 aromatic carbocycles. The Morgan fingerprint density at radius 1 is 0.318 bits per heavy atom. The molecule has 0 aliphatic rings. The molecule has 0 heterocycles. The van der Waals surface area contributed by atoms with E-state index in [1.54, 1.807) is 0 Å². The molecule has 0 fully saturated rings. The normalized spacial score (nSPS) is 15.2. The Kier molecular flexibility index (Phi) is 57.6. The molecule has 0 radical (unpaired) electrons. The minimum Gasteiger partial charge on any atom is -0.462 e. The number of hydrogen-bond acceptors (Lipinski definition) is 15. The van der Waals surface area contributed by atoms with Crippen LogP contribution in [0.5, 0.6) is 0 Å². The van der Waals surface area contributed by atoms with Crippen molar-refractivity contribution in [2.45, 2.75) is 356 Å². The van der Waals surface area contributed by atoms with Gasteiger partial charge in [-0.3, -0.25) is 37.3 Å². The number of hydrogen-bond donors (Lipinski definition) is 3. The Balaban J connectivity index is 5.28. The van der Waals surface area contributed by atoms with Crippen LogP contribution in [0, 0.1) is 23.7 Å². The highest BCUT2D eigenvalue weighted by Crippen LogP contribution is 2.45. The molecule has 0 aromatic heterocycles. The predicted octanol–water partition coefficient (Wildman–Crippen LogP) is 19.3. The molecule has 5 unspecified atom stereocenters. The first-order valence-corrected chi connectivity index (χ1v) is 38.8. The monoisotopic (exact) mass is 1300 g/mol. The number of carbonyl (C=O) groups is 4. The second-order valence-electron chi connectivity index (χ2n) is 26.1. The largest absolute Gasteiger partial charge is 0.472 e. The van der Waals surface area contributed by atoms with Crippen LogP contribution >= 0.6 is 15.6 Å². The zero-order valence-electron chi connectivity index (χ0n) is 57.3. The van der Waals surface area contributed by atoms with Gasteiger partial charge in [0.05, 0.1) is 26.4 Å². The Labute approximate surface area is 537 Å². The summed E-state index contributed by atoms with van der Waals surface area (Å²) in [7, 11) is -9.90. The van der Waals surface area contributed by atoms with Crippen molar-refractivity contribution in [1.82, 2.24) is 0 Å². The second kappa shape index (κ2) is 58.8. The molecule has 88 heavy (non-hydrogen) atoms. The van der Waals surface area contributed by atoms with Gasteiger partial charge in [0, 0.05) is 25.7 Å². The molecule has 0 spiro atoms. The van der Waals surface area contributed by atoms with E-state index in [-0.39, 0.29) is 25.7 Å². The number of unbranched alkanes of at least 4 members (excludes halogenated alkanes) is 29. The molecule has 0 aliphatic heterocycles. The summed E-state index contributed by atoms with van der Waals surface area (Å²) >= 11 is 0. The van der Waals surface area contributed by atoms with Gasteiger partial charge in [-0.1, -0.05) is 287 Å². The number of phosphoric ester groups is 2. The first-order chi connectivity index (χ1) is 42.2. The third-order valence-electron chi connectivity index (χ3n) is 16.9. The number of ether oxygens (including phenoxy) is 4. The molecular weight excluding hydrogens is 1160 g/mol. The summed E-state index contributed by atoms with van der Waals surface area (Å²) in [5, 5.41) is 10.6. The lowest BCUT2D eigenvalue weighted by Crippen LogP contribution is -2.30. The number of aliphatic hydroxyl groups excluding tert-OH is 1. The smallest absolute Gasteiger partial charge is 0.462 e. The summed E-state index contributed by atoms with van der Waals surface area (Å²) in [6.45, 7) is 14.1. The maximum Gasteiger partial charge on any atom is 0.472 e. The Morgan fingerprint density at radius 2 is 0.545 bits per heavy atom. The Bertz CT molecular complexity index is 1750. The lowest BCUT2D eigenvalue weighted by atomic mass is 9.99. The van der Waals surface area contributed by atoms with Crippen LogP contribution < -0.4 is 0 Å². The van der Waals surface area contributed by atoms with Crippen LogP contribution in [-0.4, -0.2) is 96.7 Å². The van der Waals surface area contributed by atoms with Gasteiger partial charge in [-0.2, -0.15) is 0 Å². The molecule has 522 valence electrons. The third kappa shape index (κ3) is 59.1. The summed E-state index contributed by atoms with van der Waals surface area (Å²) in [4.78, 5) is 72.5. The van der Waals surface area contributed by atoms with Gasteiger partial charge >= 0.3 is 39.5 Å². The molecule has 0 aromatic rings. The standard InChI is InChI=1S/C69H134O17P2/c1-9-60(6)46-38-30-22-17-19-24-33-41-49-66(71)79-55-64(85-68(73)51-43-35-25-16-14-12-13-15-21-29-37-45-59(4)5)57-83-87(75,76)81-53-63(70)54-82-88(77,78)84-58-65(56-80-67(72)50-42-34-28-27-32-40-48-62(8)11-3)86-69(74)52-44-36-26-20-18-23-31-39-47-61(7)10-2/h59-65,70H,9-58H2,1-8H3,(H,75,76)(H,77,78)/t60?,61?,62?,63-,64-,65-/m1/s1. The average Bonchev–Trinajstić information content (AvgIpc) is 3.52. The zero-order valence-corrected chi connectivity index (χ0v) is 59.1. The molecular formula is C69H134O17P2. The average molecular weight is 1300 g/mol. The summed E-state index contributed by atoms with van der Waals surface area (Å²) in [5.41, 5.74) is 0. The molecule has 0 amide bonds. The molecule has 0 aliphatic carbocycles. The Hall–Kier alpha value is -1.94. The van der Waals surface area contributed by atoms with E-state index < -0.39 is 97.5 Å². The highest BCUT2D eigenvalue weighted by atomic mass is 31.2. The van der Waals surface area contributed by atoms with Crippen molar-refractivity contribution in [3.8, 4) is 0 Å². The van der Waals surface area contributed by atoms with Crippen LogP contribution in [0.1, 0.15) is 338 Å². The molecule has 0 rings (SSSR count). The van der Waals surface area contributed by atoms with Crippen LogP contribution in [0.15, 0.2) is 0 Å². The molecule has 8 atom stereocenters. The topological polar surface area (TPSA) is 237 Å². The first-order valence-electron chi connectivity index (χ1n) is 35.8. The molecule has 0 saturated heterocycles. The van der Waals surface area contributed by atoms with Crippen LogP contribution in [0.2, 0.25) is 0 Å². The fourth-order valence-electron chi connectivity index (χ4n) is 10.2. The highest BCUT2D eigenvalue weighted by molar-refractivity contribution is 7.47. The Morgan fingerprint density at radius 3 is 0.807 bits per heavy atom. The number of aliphatic hydroxyl groups is 1. The van der Waals surface area contributed by atoms with Gasteiger partial charge < -0.3 is 33.8 Å². The van der Waals surface area contributed by atoms with Gasteiger partial charge in [-0.25, -0.2) is 9.13 Å². The quantitative estimate of drug-likeness (QED) is 0.0222. The van der Waals surface area contributed by atoms with Crippen LogP contribution in [-0.2, 0) is 65.4 Å². The van der Waals surface area contributed by atoms with Gasteiger partial charge in [0.1, 0.15) is 19.3 Å². The van der Waals surface area contributed by atoms with E-state index in [1.165, 1.54) is 135 Å². The van der Waals surface area contributed by atoms with Gasteiger partial charge in [0.15, 0.2) is 12.2 Å². The molecule has 19 heteroatoms. The lowest BCUT2D eigenvalue weighted by Gasteiger charge is -2.21. The maximum atomic E-state index is 13.0. The van der Waals surface area contributed by atoms with Crippen molar-refractivity contribution < 1.29 is 80.2 Å². The van der Waals surface area contributed by atoms with Crippen molar-refractivity contribution in [3.05, 3.63) is 0 Å². The fourth-order valence-corrected chi connectivity index (χ4v) is 11.8. The fraction of sp³-hybridized carbons (Fsp3) is 0.942. The van der Waals surface area contributed by atoms with Crippen molar-refractivity contribution in [2.75, 3.05) is 39.6 Å². The summed E-state index contributed by atoms with van der Waals surface area (Å²) in [6, 6.07) is 0. The van der Waals surface area contributed by atoms with Gasteiger partial charge in [0.25, 0.3) is 0 Å². The third-order valence-corrected chi connectivity index (χ3v) is 18.8. The minimum absolute atomic E-state index is 0.103. The molecule has 0 bridgehead atoms.